The molecule has 1 aliphatic rings. The van der Waals surface area contributed by atoms with Crippen LogP contribution < -0.4 is 11.1 Å². The van der Waals surface area contributed by atoms with E-state index in [9.17, 15) is 4.79 Å². The molecule has 0 atom stereocenters. The van der Waals surface area contributed by atoms with Crippen molar-refractivity contribution in [2.45, 2.75) is 51.1 Å². The summed E-state index contributed by atoms with van der Waals surface area (Å²) in [6.45, 7) is 6.08. The van der Waals surface area contributed by atoms with Gasteiger partial charge in [0.1, 0.15) is 4.88 Å². The van der Waals surface area contributed by atoms with Crippen molar-refractivity contribution in [1.82, 2.24) is 14.9 Å². The van der Waals surface area contributed by atoms with E-state index < -0.39 is 0 Å². The van der Waals surface area contributed by atoms with Crippen molar-refractivity contribution in [1.29, 1.82) is 0 Å². The highest BCUT2D eigenvalue weighted by Gasteiger charge is 2.31. The second-order valence-corrected chi connectivity index (χ2v) is 6.36. The summed E-state index contributed by atoms with van der Waals surface area (Å²) in [6, 6.07) is 0.453. The third kappa shape index (κ3) is 2.63. The van der Waals surface area contributed by atoms with Gasteiger partial charge < -0.3 is 11.1 Å². The molecule has 0 radical (unpaired) electrons. The maximum Gasteiger partial charge on any atom is 0.265 e. The summed E-state index contributed by atoms with van der Waals surface area (Å²) in [6.07, 6.45) is 1.73. The first-order chi connectivity index (χ1) is 7.88. The van der Waals surface area contributed by atoms with Gasteiger partial charge in [-0.2, -0.15) is 0 Å². The summed E-state index contributed by atoms with van der Waals surface area (Å²) >= 11 is 1.16. The molecule has 0 spiro atoms. The van der Waals surface area contributed by atoms with Gasteiger partial charge in [0.25, 0.3) is 5.91 Å². The number of nitrogens with one attached hydrogen (secondary N) is 1. The van der Waals surface area contributed by atoms with Crippen LogP contribution in [0.25, 0.3) is 0 Å². The Bertz CT molecular complexity index is 417. The van der Waals surface area contributed by atoms with Crippen molar-refractivity contribution in [3.8, 4) is 0 Å². The fraction of sp³-hybridized carbons (Fsp3) is 0.727. The minimum absolute atomic E-state index is 0.0678. The summed E-state index contributed by atoms with van der Waals surface area (Å²) in [5, 5.41) is 7.03. The van der Waals surface area contributed by atoms with Gasteiger partial charge in [0.2, 0.25) is 0 Å². The predicted octanol–water partition coefficient (Wildman–Crippen LogP) is 1.06. The molecule has 0 unspecified atom stereocenters. The zero-order valence-electron chi connectivity index (χ0n) is 10.4. The summed E-state index contributed by atoms with van der Waals surface area (Å²) in [5.74, 6) is -0.0678. The van der Waals surface area contributed by atoms with Crippen LogP contribution in [0.15, 0.2) is 0 Å². The molecule has 5 nitrogen and oxygen atoms in total. The lowest BCUT2D eigenvalue weighted by atomic mass is 9.87. The van der Waals surface area contributed by atoms with Gasteiger partial charge in [-0.15, -0.1) is 5.10 Å². The van der Waals surface area contributed by atoms with Crippen LogP contribution in [-0.2, 0) is 5.41 Å². The lowest BCUT2D eigenvalue weighted by Crippen LogP contribution is -2.50. The van der Waals surface area contributed by atoms with Crippen molar-refractivity contribution in [3.63, 3.8) is 0 Å². The number of nitrogens with zero attached hydrogens (tertiary/aromatic N) is 2. The Morgan fingerprint density at radius 1 is 1.47 bits per heavy atom. The molecule has 17 heavy (non-hydrogen) atoms. The molecule has 1 amide bonds. The molecule has 94 valence electrons. The van der Waals surface area contributed by atoms with E-state index in [0.717, 1.165) is 30.1 Å². The van der Waals surface area contributed by atoms with Crippen LogP contribution in [-0.4, -0.2) is 27.6 Å². The first-order valence-electron chi connectivity index (χ1n) is 5.77. The van der Waals surface area contributed by atoms with E-state index in [0.29, 0.717) is 4.88 Å². The van der Waals surface area contributed by atoms with Crippen LogP contribution in [0.4, 0.5) is 0 Å². The number of rotatable bonds is 2. The number of aromatic nitrogens is 2. The molecule has 1 heterocycles. The molecule has 1 aromatic rings. The van der Waals surface area contributed by atoms with Crippen molar-refractivity contribution in [2.75, 3.05) is 0 Å². The number of carbonyl (C=O) groups is 1. The van der Waals surface area contributed by atoms with Crippen LogP contribution >= 0.6 is 11.5 Å². The molecule has 0 bridgehead atoms. The number of hydrogen-bond donors (Lipinski definition) is 2. The molecule has 0 saturated heterocycles. The highest BCUT2D eigenvalue weighted by atomic mass is 32.1. The molecule has 6 heteroatoms. The third-order valence-electron chi connectivity index (χ3n) is 2.91. The molecular formula is C11H18N4OS. The van der Waals surface area contributed by atoms with E-state index in [-0.39, 0.29) is 23.4 Å². The van der Waals surface area contributed by atoms with Gasteiger partial charge in [-0.3, -0.25) is 4.79 Å². The standard InChI is InChI=1S/C11H18N4OS/c1-11(2,3)9-8(17-15-14-9)10(16)13-7-4-6(12)5-7/h6-7H,4-5,12H2,1-3H3,(H,13,16). The van der Waals surface area contributed by atoms with Gasteiger partial charge >= 0.3 is 0 Å². The van der Waals surface area contributed by atoms with E-state index in [1.54, 1.807) is 0 Å². The highest BCUT2D eigenvalue weighted by Crippen LogP contribution is 2.26. The number of nitrogens with two attached hydrogens (primary N) is 1. The fourth-order valence-electron chi connectivity index (χ4n) is 1.86. The molecule has 2 rings (SSSR count). The van der Waals surface area contributed by atoms with Crippen molar-refractivity contribution in [2.24, 2.45) is 5.73 Å². The molecule has 3 N–H and O–H groups in total. The Morgan fingerprint density at radius 3 is 2.65 bits per heavy atom. The summed E-state index contributed by atoms with van der Waals surface area (Å²) in [5.41, 5.74) is 6.30. The lowest BCUT2D eigenvalue weighted by molar-refractivity contribution is 0.0912. The van der Waals surface area contributed by atoms with Crippen LogP contribution in [0, 0.1) is 0 Å². The fourth-order valence-corrected chi connectivity index (χ4v) is 2.64. The second kappa shape index (κ2) is 4.34. The van der Waals surface area contributed by atoms with Gasteiger partial charge in [0, 0.05) is 17.5 Å². The number of hydrogen-bond acceptors (Lipinski definition) is 5. The van der Waals surface area contributed by atoms with E-state index in [1.807, 2.05) is 20.8 Å². The van der Waals surface area contributed by atoms with Crippen molar-refractivity contribution >= 4 is 17.4 Å². The molecule has 1 saturated carbocycles. The summed E-state index contributed by atoms with van der Waals surface area (Å²) < 4.78 is 3.88. The Balaban J connectivity index is 2.07. The van der Waals surface area contributed by atoms with Gasteiger partial charge in [0.05, 0.1) is 5.69 Å². The van der Waals surface area contributed by atoms with Gasteiger partial charge in [-0.25, -0.2) is 0 Å². The number of amides is 1. The van der Waals surface area contributed by atoms with Gasteiger partial charge in [-0.05, 0) is 24.4 Å². The minimum Gasteiger partial charge on any atom is -0.348 e. The first kappa shape index (κ1) is 12.4. The van der Waals surface area contributed by atoms with Crippen LogP contribution in [0.2, 0.25) is 0 Å². The van der Waals surface area contributed by atoms with Crippen molar-refractivity contribution in [3.05, 3.63) is 10.6 Å². The predicted molar refractivity (Wildman–Crippen MR) is 67.1 cm³/mol. The summed E-state index contributed by atoms with van der Waals surface area (Å²) in [4.78, 5) is 12.7. The Kier molecular flexibility index (Phi) is 3.18. The normalized spacial score (nSPS) is 24.2. The quantitative estimate of drug-likeness (QED) is 0.826. The maximum atomic E-state index is 12.1. The van der Waals surface area contributed by atoms with Gasteiger partial charge in [0.15, 0.2) is 0 Å². The molecular weight excluding hydrogens is 236 g/mol. The topological polar surface area (TPSA) is 80.9 Å². The molecule has 1 aromatic heterocycles. The average molecular weight is 254 g/mol. The molecule has 1 aliphatic carbocycles. The SMILES string of the molecule is CC(C)(C)c1nnsc1C(=O)NC1CC(N)C1. The first-order valence-corrected chi connectivity index (χ1v) is 6.54. The molecule has 0 aromatic carbocycles. The average Bonchev–Trinajstić information content (AvgIpc) is 2.62. The smallest absolute Gasteiger partial charge is 0.265 e. The van der Waals surface area contributed by atoms with E-state index in [1.165, 1.54) is 0 Å². The number of carbonyl (C=O) groups excluding carboxylic acids is 1. The van der Waals surface area contributed by atoms with Crippen LogP contribution in [0.3, 0.4) is 0 Å². The Morgan fingerprint density at radius 2 is 2.12 bits per heavy atom. The van der Waals surface area contributed by atoms with Crippen molar-refractivity contribution < 1.29 is 4.79 Å². The molecule has 0 aliphatic heterocycles. The van der Waals surface area contributed by atoms with Crippen LogP contribution in [0.1, 0.15) is 49.0 Å². The zero-order chi connectivity index (χ0) is 12.6. The van der Waals surface area contributed by atoms with Crippen LogP contribution in [0.5, 0.6) is 0 Å². The Hall–Kier alpha value is -1.01. The Labute approximate surface area is 105 Å². The molecule has 1 fully saturated rings. The van der Waals surface area contributed by atoms with E-state index >= 15 is 0 Å². The summed E-state index contributed by atoms with van der Waals surface area (Å²) in [7, 11) is 0. The lowest BCUT2D eigenvalue weighted by Gasteiger charge is -2.32. The third-order valence-corrected chi connectivity index (χ3v) is 3.64. The van der Waals surface area contributed by atoms with Gasteiger partial charge in [-0.1, -0.05) is 25.3 Å². The largest absolute Gasteiger partial charge is 0.348 e. The van der Waals surface area contributed by atoms with E-state index in [4.69, 9.17) is 5.73 Å². The maximum absolute atomic E-state index is 12.1. The zero-order valence-corrected chi connectivity index (χ0v) is 11.2. The minimum atomic E-state index is -0.157. The highest BCUT2D eigenvalue weighted by molar-refractivity contribution is 7.08. The van der Waals surface area contributed by atoms with E-state index in [2.05, 4.69) is 14.9 Å². The second-order valence-electron chi connectivity index (χ2n) is 5.60. The monoisotopic (exact) mass is 254 g/mol.